The summed E-state index contributed by atoms with van der Waals surface area (Å²) >= 11 is 0. The van der Waals surface area contributed by atoms with Crippen molar-refractivity contribution in [3.8, 4) is 35.0 Å². The molecule has 0 aliphatic carbocycles. The third-order valence-corrected chi connectivity index (χ3v) is 5.95. The molecule has 4 rings (SSSR count). The lowest BCUT2D eigenvalue weighted by Crippen LogP contribution is -2.11. The predicted molar refractivity (Wildman–Crippen MR) is 134 cm³/mol. The Balaban J connectivity index is 1.98. The van der Waals surface area contributed by atoms with Crippen LogP contribution in [0.15, 0.2) is 40.8 Å². The Kier molecular flexibility index (Phi) is 7.11. The molecule has 0 spiro atoms. The maximum atomic E-state index is 13.8. The molecule has 0 fully saturated rings. The number of carbonyl (C=O) groups excluding carboxylic acids is 1. The van der Waals surface area contributed by atoms with Crippen LogP contribution in [0, 0.1) is 22.1 Å². The Hall–Kier alpha value is -5.18. The number of rotatable bonds is 9. The van der Waals surface area contributed by atoms with Crippen molar-refractivity contribution in [2.75, 3.05) is 28.4 Å². The summed E-state index contributed by atoms with van der Waals surface area (Å²) < 4.78 is 28.4. The minimum atomic E-state index is -0.709. The van der Waals surface area contributed by atoms with Crippen molar-refractivity contribution in [1.82, 2.24) is 9.78 Å². The van der Waals surface area contributed by atoms with E-state index in [1.807, 2.05) is 6.11 Å². The van der Waals surface area contributed by atoms with Gasteiger partial charge < -0.3 is 28.5 Å². The fourth-order valence-corrected chi connectivity index (χ4v) is 4.14. The van der Waals surface area contributed by atoms with Crippen molar-refractivity contribution in [2.45, 2.75) is 13.0 Å². The van der Waals surface area contributed by atoms with Crippen molar-refractivity contribution >= 4 is 22.6 Å². The van der Waals surface area contributed by atoms with Gasteiger partial charge in [0.15, 0.2) is 11.5 Å². The highest BCUT2D eigenvalue weighted by atomic mass is 16.6. The van der Waals surface area contributed by atoms with E-state index in [0.717, 1.165) is 0 Å². The highest BCUT2D eigenvalue weighted by Crippen LogP contribution is 2.40. The van der Waals surface area contributed by atoms with Gasteiger partial charge in [-0.2, -0.15) is 5.10 Å². The van der Waals surface area contributed by atoms with E-state index in [2.05, 4.69) is 11.0 Å². The molecule has 0 radical (unpaired) electrons. The average Bonchev–Trinajstić information content (AvgIpc) is 3.58. The molecule has 1 unspecified atom stereocenters. The molecule has 196 valence electrons. The Morgan fingerprint density at radius 1 is 1.05 bits per heavy atom. The van der Waals surface area contributed by atoms with Crippen LogP contribution in [0.1, 0.15) is 40.3 Å². The number of methoxy groups -OCH3 is 4. The second kappa shape index (κ2) is 10.4. The van der Waals surface area contributed by atoms with Crippen LogP contribution < -0.4 is 18.9 Å². The zero-order valence-electron chi connectivity index (χ0n) is 21.1. The number of ketones is 1. The van der Waals surface area contributed by atoms with Gasteiger partial charge in [-0.05, 0) is 43.2 Å². The van der Waals surface area contributed by atoms with Gasteiger partial charge in [-0.3, -0.25) is 19.6 Å². The van der Waals surface area contributed by atoms with Crippen molar-refractivity contribution in [3.05, 3.63) is 69.1 Å². The van der Waals surface area contributed by atoms with E-state index < -0.39 is 22.6 Å². The van der Waals surface area contributed by atoms with Gasteiger partial charge in [-0.25, -0.2) is 0 Å². The molecule has 1 atom stereocenters. The quantitative estimate of drug-likeness (QED) is 0.148. The second-order valence-corrected chi connectivity index (χ2v) is 7.92. The maximum Gasteiger partial charge on any atom is 0.433 e. The largest absolute Gasteiger partial charge is 0.495 e. The van der Waals surface area contributed by atoms with Crippen molar-refractivity contribution < 1.29 is 38.2 Å². The summed E-state index contributed by atoms with van der Waals surface area (Å²) in [5.41, 5.74) is 0.869. The minimum absolute atomic E-state index is 0.0471. The summed E-state index contributed by atoms with van der Waals surface area (Å²) in [5, 5.41) is 25.6. The van der Waals surface area contributed by atoms with Crippen LogP contribution >= 0.6 is 0 Å². The smallest absolute Gasteiger partial charge is 0.433 e. The predicted octanol–water partition coefficient (Wildman–Crippen LogP) is 4.09. The first-order valence-electron chi connectivity index (χ1n) is 11.1. The number of hydrogen-bond acceptors (Lipinski definition) is 10. The van der Waals surface area contributed by atoms with E-state index in [0.29, 0.717) is 22.4 Å². The van der Waals surface area contributed by atoms with Gasteiger partial charge in [0, 0.05) is 10.9 Å². The van der Waals surface area contributed by atoms with Gasteiger partial charge in [0.05, 0.1) is 45.6 Å². The first-order chi connectivity index (χ1) is 18.3. The standard InChI is InChI=1S/C26H23N3O9/c1-14(18-8-9-22(38-18)29(32)33)28-24-16(10-11-30)19(34-2)7-6-17(24)23(27-28)25(31)15-12-20(35-3)26(37-5)21(13-15)36-4/h6-9,12-14,30H,1-5H3. The minimum Gasteiger partial charge on any atom is -0.495 e. The van der Waals surface area contributed by atoms with Crippen LogP contribution in [0.5, 0.6) is 23.0 Å². The van der Waals surface area contributed by atoms with Gasteiger partial charge in [0.25, 0.3) is 0 Å². The number of aliphatic hydroxyl groups is 1. The van der Waals surface area contributed by atoms with Crippen LogP contribution in [0.2, 0.25) is 0 Å². The highest BCUT2D eigenvalue weighted by molar-refractivity contribution is 6.16. The molecule has 12 nitrogen and oxygen atoms in total. The van der Waals surface area contributed by atoms with Crippen LogP contribution in [0.4, 0.5) is 5.88 Å². The van der Waals surface area contributed by atoms with E-state index in [-0.39, 0.29) is 34.1 Å². The lowest BCUT2D eigenvalue weighted by atomic mass is 10.0. The SMILES string of the molecule is COc1cc(C(=O)c2nn(C(C)c3ccc([N+](=O)[O-])o3)c3c(C#CO)c(OC)ccc23)cc(OC)c1OC. The molecule has 2 aromatic carbocycles. The Labute approximate surface area is 216 Å². The molecule has 0 amide bonds. The molecule has 1 N–H and O–H groups in total. The highest BCUT2D eigenvalue weighted by Gasteiger charge is 2.28. The first kappa shape index (κ1) is 25.9. The van der Waals surface area contributed by atoms with E-state index in [9.17, 15) is 20.0 Å². The summed E-state index contributed by atoms with van der Waals surface area (Å²) in [6.07, 6.45) is 1.87. The van der Waals surface area contributed by atoms with E-state index in [4.69, 9.17) is 23.4 Å². The zero-order chi connectivity index (χ0) is 27.6. The van der Waals surface area contributed by atoms with Crippen molar-refractivity contribution in [3.63, 3.8) is 0 Å². The topological polar surface area (TPSA) is 148 Å². The first-order valence-corrected chi connectivity index (χ1v) is 11.1. The number of furan rings is 1. The number of nitrogens with zero attached hydrogens (tertiary/aromatic N) is 3. The monoisotopic (exact) mass is 521 g/mol. The summed E-state index contributed by atoms with van der Waals surface area (Å²) in [7, 11) is 5.76. The average molecular weight is 521 g/mol. The lowest BCUT2D eigenvalue weighted by molar-refractivity contribution is -0.402. The fourth-order valence-electron chi connectivity index (χ4n) is 4.14. The van der Waals surface area contributed by atoms with E-state index in [1.54, 1.807) is 19.1 Å². The summed E-state index contributed by atoms with van der Waals surface area (Å²) in [6, 6.07) is 8.23. The van der Waals surface area contributed by atoms with Crippen LogP contribution in [-0.2, 0) is 0 Å². The molecule has 38 heavy (non-hydrogen) atoms. The Morgan fingerprint density at radius 2 is 1.71 bits per heavy atom. The molecule has 2 heterocycles. The van der Waals surface area contributed by atoms with E-state index >= 15 is 0 Å². The van der Waals surface area contributed by atoms with Crippen LogP contribution in [-0.4, -0.2) is 54.0 Å². The number of ether oxygens (including phenoxy) is 4. The third-order valence-electron chi connectivity index (χ3n) is 5.95. The number of aliphatic hydroxyl groups excluding tert-OH is 1. The van der Waals surface area contributed by atoms with Crippen molar-refractivity contribution in [1.29, 1.82) is 0 Å². The molecule has 12 heteroatoms. The molecular weight excluding hydrogens is 498 g/mol. The van der Waals surface area contributed by atoms with Gasteiger partial charge in [-0.15, -0.1) is 0 Å². The van der Waals surface area contributed by atoms with Gasteiger partial charge in [-0.1, -0.05) is 0 Å². The molecule has 0 saturated carbocycles. The Morgan fingerprint density at radius 3 is 2.24 bits per heavy atom. The summed E-state index contributed by atoms with van der Waals surface area (Å²) in [5.74, 6) is 3.11. The Bertz CT molecular complexity index is 1580. The van der Waals surface area contributed by atoms with Crippen LogP contribution in [0.3, 0.4) is 0 Å². The molecule has 0 aliphatic heterocycles. The van der Waals surface area contributed by atoms with Gasteiger partial charge in [0.2, 0.25) is 11.5 Å². The number of benzene rings is 2. The molecule has 0 saturated heterocycles. The molecule has 4 aromatic rings. The maximum absolute atomic E-state index is 13.8. The van der Waals surface area contributed by atoms with Crippen LogP contribution in [0.25, 0.3) is 10.9 Å². The number of carbonyl (C=O) groups is 1. The van der Waals surface area contributed by atoms with Crippen molar-refractivity contribution in [2.24, 2.45) is 0 Å². The molecule has 0 aliphatic rings. The molecular formula is C26H23N3O9. The number of aromatic nitrogens is 2. The summed E-state index contributed by atoms with van der Waals surface area (Å²) in [6.45, 7) is 1.69. The van der Waals surface area contributed by atoms with Gasteiger partial charge >= 0.3 is 5.88 Å². The number of nitro groups is 1. The number of hydrogen-bond donors (Lipinski definition) is 1. The summed E-state index contributed by atoms with van der Waals surface area (Å²) in [4.78, 5) is 24.3. The normalized spacial score (nSPS) is 11.4. The second-order valence-electron chi connectivity index (χ2n) is 7.92. The molecule has 0 bridgehead atoms. The fraction of sp³-hybridized carbons (Fsp3) is 0.231. The lowest BCUT2D eigenvalue weighted by Gasteiger charge is -2.13. The molecule has 2 aromatic heterocycles. The van der Waals surface area contributed by atoms with E-state index in [1.165, 1.54) is 57.4 Å². The third kappa shape index (κ3) is 4.30. The zero-order valence-corrected chi connectivity index (χ0v) is 21.1. The number of fused-ring (bicyclic) bond motifs is 1. The van der Waals surface area contributed by atoms with Gasteiger partial charge in [0.1, 0.15) is 34.3 Å².